The number of carbonyl (C=O) groups excluding carboxylic acids is 1. The maximum atomic E-state index is 16.1. The van der Waals surface area contributed by atoms with E-state index in [2.05, 4.69) is 40.2 Å². The first kappa shape index (κ1) is 28.1. The zero-order valence-corrected chi connectivity index (χ0v) is 23.7. The van der Waals surface area contributed by atoms with Gasteiger partial charge in [0, 0.05) is 42.0 Å². The van der Waals surface area contributed by atoms with Crippen molar-refractivity contribution in [1.82, 2.24) is 34.9 Å². The summed E-state index contributed by atoms with van der Waals surface area (Å²) in [5.41, 5.74) is 3.96. The van der Waals surface area contributed by atoms with Gasteiger partial charge in [-0.25, -0.2) is 31.9 Å². The van der Waals surface area contributed by atoms with Crippen molar-refractivity contribution in [2.24, 2.45) is 0 Å². The number of rotatable bonds is 8. The number of sulfonamides is 1. The van der Waals surface area contributed by atoms with Gasteiger partial charge in [-0.3, -0.25) is 14.9 Å². The number of hydrogen-bond acceptors (Lipinski definition) is 7. The molecule has 0 radical (unpaired) electrons. The molecule has 0 aliphatic rings. The second-order valence-corrected chi connectivity index (χ2v) is 11.7. The molecule has 4 N–H and O–H groups in total. The fourth-order valence-electron chi connectivity index (χ4n) is 4.75. The van der Waals surface area contributed by atoms with Crippen LogP contribution in [-0.4, -0.2) is 50.7 Å². The van der Waals surface area contributed by atoms with Gasteiger partial charge in [0.15, 0.2) is 11.5 Å². The average molecular weight is 603 g/mol. The van der Waals surface area contributed by atoms with Crippen molar-refractivity contribution in [2.45, 2.75) is 19.9 Å². The van der Waals surface area contributed by atoms with Crippen LogP contribution in [0.25, 0.3) is 55.8 Å². The maximum absolute atomic E-state index is 16.1. The highest BCUT2D eigenvalue weighted by Crippen LogP contribution is 2.35. The van der Waals surface area contributed by atoms with E-state index < -0.39 is 21.7 Å². The number of amides is 1. The number of nitrogens with zero attached hydrogens (tertiary/aromatic N) is 4. The molecule has 0 fully saturated rings. The molecule has 0 aliphatic carbocycles. The van der Waals surface area contributed by atoms with E-state index in [-0.39, 0.29) is 41.3 Å². The van der Waals surface area contributed by atoms with E-state index in [0.29, 0.717) is 44.6 Å². The summed E-state index contributed by atoms with van der Waals surface area (Å²) in [5, 5.41) is 10.1. The Morgan fingerprint density at radius 2 is 1.86 bits per heavy atom. The van der Waals surface area contributed by atoms with Gasteiger partial charge in [0.05, 0.1) is 29.0 Å². The number of hydrogen-bond donors (Lipinski definition) is 4. The largest absolute Gasteiger partial charge is 0.325 e. The van der Waals surface area contributed by atoms with E-state index in [1.807, 2.05) is 0 Å². The van der Waals surface area contributed by atoms with Gasteiger partial charge in [0.25, 0.3) is 0 Å². The predicted molar refractivity (Wildman–Crippen MR) is 158 cm³/mol. The molecule has 43 heavy (non-hydrogen) atoms. The van der Waals surface area contributed by atoms with Crippen LogP contribution >= 0.6 is 0 Å². The molecule has 11 nitrogen and oxygen atoms in total. The fraction of sp³-hybridized carbons (Fsp3) is 0.138. The molecule has 4 heterocycles. The molecule has 0 saturated heterocycles. The molecule has 0 saturated carbocycles. The van der Waals surface area contributed by atoms with Crippen LogP contribution < -0.4 is 10.0 Å². The standard InChI is InChI=1S/C29H24F2N8O3S/c1-3-23(40)35-19-11-17(13-32-14-19)20-4-5-22-24(25(20)31)27(39-38-22)29-36-26-21(6-7-33-28(26)37-29)16-8-15(9-18(30)10-16)12-34-43(2,41)42/h4-11,13-14,34H,3,12H2,1-2H3,(H,35,40)(H,38,39)(H,33,36,37). The number of imidazole rings is 1. The highest BCUT2D eigenvalue weighted by atomic mass is 32.2. The van der Waals surface area contributed by atoms with Crippen LogP contribution in [-0.2, 0) is 21.4 Å². The number of aromatic nitrogens is 6. The number of carbonyl (C=O) groups is 1. The Bertz CT molecular complexity index is 2140. The molecule has 0 spiro atoms. The Labute approximate surface area is 243 Å². The minimum Gasteiger partial charge on any atom is -0.325 e. The Morgan fingerprint density at radius 1 is 1.02 bits per heavy atom. The molecule has 0 bridgehead atoms. The lowest BCUT2D eigenvalue weighted by atomic mass is 10.0. The van der Waals surface area contributed by atoms with Gasteiger partial charge < -0.3 is 10.3 Å². The third kappa shape index (κ3) is 5.69. The van der Waals surface area contributed by atoms with Crippen molar-refractivity contribution in [3.8, 4) is 33.8 Å². The summed E-state index contributed by atoms with van der Waals surface area (Å²) in [6.45, 7) is 1.64. The third-order valence-corrected chi connectivity index (χ3v) is 7.41. The number of pyridine rings is 2. The van der Waals surface area contributed by atoms with Gasteiger partial charge in [-0.2, -0.15) is 5.10 Å². The zero-order valence-electron chi connectivity index (χ0n) is 22.9. The van der Waals surface area contributed by atoms with Gasteiger partial charge in [-0.05, 0) is 53.6 Å². The lowest BCUT2D eigenvalue weighted by Gasteiger charge is -2.08. The molecule has 1 amide bonds. The number of anilines is 1. The van der Waals surface area contributed by atoms with Crippen LogP contribution in [0, 0.1) is 11.6 Å². The second kappa shape index (κ2) is 11.0. The monoisotopic (exact) mass is 602 g/mol. The zero-order chi connectivity index (χ0) is 30.3. The smallest absolute Gasteiger partial charge is 0.224 e. The summed E-state index contributed by atoms with van der Waals surface area (Å²) >= 11 is 0. The molecular weight excluding hydrogens is 578 g/mol. The van der Waals surface area contributed by atoms with Crippen LogP contribution in [0.5, 0.6) is 0 Å². The lowest BCUT2D eigenvalue weighted by Crippen LogP contribution is -2.21. The fourth-order valence-corrected chi connectivity index (χ4v) is 5.18. The highest BCUT2D eigenvalue weighted by Gasteiger charge is 2.21. The minimum absolute atomic E-state index is 0.0894. The summed E-state index contributed by atoms with van der Waals surface area (Å²) in [6, 6.07) is 10.8. The quantitative estimate of drug-likeness (QED) is 0.193. The van der Waals surface area contributed by atoms with Gasteiger partial charge in [-0.15, -0.1) is 0 Å². The molecule has 14 heteroatoms. The van der Waals surface area contributed by atoms with Gasteiger partial charge in [0.2, 0.25) is 15.9 Å². The van der Waals surface area contributed by atoms with Crippen molar-refractivity contribution in [1.29, 1.82) is 0 Å². The first-order chi connectivity index (χ1) is 20.6. The van der Waals surface area contributed by atoms with Crippen LogP contribution in [0.4, 0.5) is 14.5 Å². The topological polar surface area (TPSA) is 158 Å². The van der Waals surface area contributed by atoms with Gasteiger partial charge in [-0.1, -0.05) is 6.92 Å². The van der Waals surface area contributed by atoms with E-state index in [4.69, 9.17) is 0 Å². The van der Waals surface area contributed by atoms with Gasteiger partial charge >= 0.3 is 0 Å². The second-order valence-electron chi connectivity index (χ2n) is 9.87. The molecule has 6 rings (SSSR count). The van der Waals surface area contributed by atoms with E-state index in [1.54, 1.807) is 37.3 Å². The molecule has 0 unspecified atom stereocenters. The molecule has 4 aromatic heterocycles. The summed E-state index contributed by atoms with van der Waals surface area (Å²) in [5.74, 6) is -1.08. The molecule has 0 atom stereocenters. The maximum Gasteiger partial charge on any atom is 0.224 e. The number of halogens is 2. The van der Waals surface area contributed by atoms with E-state index in [9.17, 15) is 17.6 Å². The summed E-state index contributed by atoms with van der Waals surface area (Å²) < 4.78 is 56.1. The Hall–Kier alpha value is -5.08. The first-order valence-electron chi connectivity index (χ1n) is 13.1. The number of H-pyrrole nitrogens is 2. The van der Waals surface area contributed by atoms with E-state index in [0.717, 1.165) is 6.26 Å². The molecule has 6 aromatic rings. The van der Waals surface area contributed by atoms with Crippen molar-refractivity contribution >= 4 is 43.7 Å². The van der Waals surface area contributed by atoms with Crippen molar-refractivity contribution in [3.63, 3.8) is 0 Å². The van der Waals surface area contributed by atoms with E-state index in [1.165, 1.54) is 30.7 Å². The Morgan fingerprint density at radius 3 is 2.65 bits per heavy atom. The van der Waals surface area contributed by atoms with Crippen molar-refractivity contribution in [2.75, 3.05) is 11.6 Å². The molecule has 0 aliphatic heterocycles. The molecule has 218 valence electrons. The van der Waals surface area contributed by atoms with E-state index >= 15 is 4.39 Å². The normalized spacial score (nSPS) is 11.8. The first-order valence-corrected chi connectivity index (χ1v) is 15.0. The lowest BCUT2D eigenvalue weighted by molar-refractivity contribution is -0.115. The van der Waals surface area contributed by atoms with Crippen LogP contribution in [0.3, 0.4) is 0 Å². The number of nitrogens with one attached hydrogen (secondary N) is 4. The molecule has 2 aromatic carbocycles. The third-order valence-electron chi connectivity index (χ3n) is 6.74. The van der Waals surface area contributed by atoms with Crippen LogP contribution in [0.1, 0.15) is 18.9 Å². The van der Waals surface area contributed by atoms with Crippen LogP contribution in [0.2, 0.25) is 0 Å². The SMILES string of the molecule is CCC(=O)Nc1cncc(-c2ccc3[nH]nc(-c4nc5c(-c6cc(F)cc(CNS(C)(=O)=O)c6)ccnc5[nH]4)c3c2F)c1. The summed E-state index contributed by atoms with van der Waals surface area (Å²) in [7, 11) is -3.48. The van der Waals surface area contributed by atoms with Crippen molar-refractivity contribution < 1.29 is 22.0 Å². The van der Waals surface area contributed by atoms with Crippen molar-refractivity contribution in [3.05, 3.63) is 78.3 Å². The molecular formula is C29H24F2N8O3S. The number of aromatic amines is 2. The number of benzene rings is 2. The van der Waals surface area contributed by atoms with Gasteiger partial charge in [0.1, 0.15) is 22.8 Å². The average Bonchev–Trinajstić information content (AvgIpc) is 3.60. The summed E-state index contributed by atoms with van der Waals surface area (Å²) in [6.07, 6.45) is 5.83. The Kier molecular flexibility index (Phi) is 7.15. The minimum atomic E-state index is -3.48. The van der Waals surface area contributed by atoms with Crippen LogP contribution in [0.15, 0.2) is 61.1 Å². The number of fused-ring (bicyclic) bond motifs is 2. The summed E-state index contributed by atoms with van der Waals surface area (Å²) in [4.78, 5) is 28.1. The Balaban J connectivity index is 1.42. The highest BCUT2D eigenvalue weighted by molar-refractivity contribution is 7.88. The predicted octanol–water partition coefficient (Wildman–Crippen LogP) is 4.91.